The van der Waals surface area contributed by atoms with Gasteiger partial charge in [-0.05, 0) is 20.8 Å². The average molecular weight is 246 g/mol. The van der Waals surface area contributed by atoms with E-state index in [9.17, 15) is 9.59 Å². The van der Waals surface area contributed by atoms with Crippen LogP contribution in [0.4, 0.5) is 0 Å². The van der Waals surface area contributed by atoms with Crippen LogP contribution in [-0.2, 0) is 23.8 Å². The van der Waals surface area contributed by atoms with Crippen molar-refractivity contribution >= 4 is 11.9 Å². The quantitative estimate of drug-likeness (QED) is 0.727. The Morgan fingerprint density at radius 3 is 2.41 bits per heavy atom. The fourth-order valence-corrected chi connectivity index (χ4v) is 1.56. The van der Waals surface area contributed by atoms with Crippen molar-refractivity contribution in [2.45, 2.75) is 45.0 Å². The van der Waals surface area contributed by atoms with Gasteiger partial charge in [0.05, 0.1) is 19.4 Å². The third-order valence-corrected chi connectivity index (χ3v) is 2.30. The summed E-state index contributed by atoms with van der Waals surface area (Å²) in [7, 11) is 0. The molecule has 1 N–H and O–H groups in total. The highest BCUT2D eigenvalue weighted by atomic mass is 16.8. The van der Waals surface area contributed by atoms with Crippen LogP contribution in [0.2, 0.25) is 0 Å². The Kier molecular flexibility index (Phi) is 4.11. The zero-order valence-corrected chi connectivity index (χ0v) is 10.3. The van der Waals surface area contributed by atoms with Gasteiger partial charge >= 0.3 is 11.9 Å². The summed E-state index contributed by atoms with van der Waals surface area (Å²) in [6, 6.07) is 0. The molecule has 1 atom stereocenters. The lowest BCUT2D eigenvalue weighted by Gasteiger charge is -2.24. The van der Waals surface area contributed by atoms with E-state index in [-0.39, 0.29) is 19.4 Å². The zero-order valence-electron chi connectivity index (χ0n) is 10.3. The summed E-state index contributed by atoms with van der Waals surface area (Å²) in [5, 5.41) is 8.41. The Hall–Kier alpha value is -1.14. The molecule has 1 rings (SSSR count). The van der Waals surface area contributed by atoms with Crippen molar-refractivity contribution in [2.24, 2.45) is 0 Å². The van der Waals surface area contributed by atoms with Crippen LogP contribution in [0.5, 0.6) is 0 Å². The second kappa shape index (κ2) is 5.01. The first-order chi connectivity index (χ1) is 7.72. The minimum atomic E-state index is -1.02. The molecule has 0 unspecified atom stereocenters. The summed E-state index contributed by atoms with van der Waals surface area (Å²) in [5.74, 6) is -2.24. The number of esters is 1. The molecule has 1 fully saturated rings. The highest BCUT2D eigenvalue weighted by molar-refractivity contribution is 5.76. The molecular formula is C11H18O6. The van der Waals surface area contributed by atoms with Gasteiger partial charge < -0.3 is 19.3 Å². The molecule has 0 radical (unpaired) electrons. The Morgan fingerprint density at radius 1 is 1.29 bits per heavy atom. The van der Waals surface area contributed by atoms with Gasteiger partial charge in [-0.15, -0.1) is 0 Å². The van der Waals surface area contributed by atoms with Gasteiger partial charge in [0.2, 0.25) is 0 Å². The maximum absolute atomic E-state index is 11.2. The van der Waals surface area contributed by atoms with E-state index in [2.05, 4.69) is 0 Å². The number of carbonyl (C=O) groups excluding carboxylic acids is 1. The van der Waals surface area contributed by atoms with Crippen LogP contribution in [0.3, 0.4) is 0 Å². The molecule has 0 bridgehead atoms. The molecule has 0 saturated carbocycles. The van der Waals surface area contributed by atoms with Gasteiger partial charge in [0.25, 0.3) is 0 Å². The molecule has 17 heavy (non-hydrogen) atoms. The molecule has 0 spiro atoms. The van der Waals surface area contributed by atoms with Crippen LogP contribution >= 0.6 is 0 Å². The van der Waals surface area contributed by atoms with Gasteiger partial charge in [-0.3, -0.25) is 9.59 Å². The number of ether oxygens (including phenoxy) is 3. The number of hydrogen-bond acceptors (Lipinski definition) is 5. The molecular weight excluding hydrogens is 228 g/mol. The van der Waals surface area contributed by atoms with Crippen LogP contribution < -0.4 is 0 Å². The Balaban J connectivity index is 2.31. The monoisotopic (exact) mass is 246 g/mol. The molecule has 0 aromatic heterocycles. The fraction of sp³-hybridized carbons (Fsp3) is 0.818. The van der Waals surface area contributed by atoms with Crippen molar-refractivity contribution < 1.29 is 28.9 Å². The van der Waals surface area contributed by atoms with E-state index in [1.165, 1.54) is 0 Å². The Morgan fingerprint density at radius 2 is 1.94 bits per heavy atom. The van der Waals surface area contributed by atoms with E-state index in [0.29, 0.717) is 6.61 Å². The van der Waals surface area contributed by atoms with Crippen molar-refractivity contribution in [3.05, 3.63) is 0 Å². The van der Waals surface area contributed by atoms with Crippen molar-refractivity contribution in [1.82, 2.24) is 0 Å². The molecule has 1 heterocycles. The number of carboxylic acids is 1. The average Bonchev–Trinajstić information content (AvgIpc) is 2.48. The molecule has 0 aromatic carbocycles. The normalized spacial score (nSPS) is 26.8. The number of aliphatic carboxylic acids is 1. The smallest absolute Gasteiger partial charge is 0.306 e. The highest BCUT2D eigenvalue weighted by Crippen LogP contribution is 2.30. The molecule has 1 aliphatic heterocycles. The van der Waals surface area contributed by atoms with Crippen molar-refractivity contribution in [2.75, 3.05) is 13.2 Å². The van der Waals surface area contributed by atoms with E-state index < -0.39 is 23.3 Å². The van der Waals surface area contributed by atoms with Gasteiger partial charge in [-0.2, -0.15) is 0 Å². The molecule has 1 aliphatic rings. The maximum atomic E-state index is 11.2. The summed E-state index contributed by atoms with van der Waals surface area (Å²) < 4.78 is 15.9. The lowest BCUT2D eigenvalue weighted by Crippen LogP contribution is -2.36. The first kappa shape index (κ1) is 13.9. The number of rotatable bonds is 5. The topological polar surface area (TPSA) is 82.1 Å². The maximum Gasteiger partial charge on any atom is 0.306 e. The largest absolute Gasteiger partial charge is 0.481 e. The predicted molar refractivity (Wildman–Crippen MR) is 57.3 cm³/mol. The van der Waals surface area contributed by atoms with E-state index >= 15 is 0 Å². The highest BCUT2D eigenvalue weighted by Gasteiger charge is 2.42. The Bertz CT molecular complexity index is 311. The molecule has 0 aromatic rings. The van der Waals surface area contributed by atoms with E-state index in [1.807, 2.05) is 0 Å². The summed E-state index contributed by atoms with van der Waals surface area (Å²) in [4.78, 5) is 21.5. The van der Waals surface area contributed by atoms with Gasteiger partial charge in [0.1, 0.15) is 12.2 Å². The SMILES string of the molecule is CC1(C)OC[C@](C)(COC(=O)CCC(=O)O)O1. The standard InChI is InChI=1S/C11H18O6/c1-10(2)16-7-11(3,17-10)6-15-9(14)5-4-8(12)13/h4-7H2,1-3H3,(H,12,13)/t11-/m0/s1. The molecule has 98 valence electrons. The minimum Gasteiger partial charge on any atom is -0.481 e. The molecule has 0 aliphatic carbocycles. The van der Waals surface area contributed by atoms with Crippen molar-refractivity contribution in [1.29, 1.82) is 0 Å². The zero-order chi connectivity index (χ0) is 13.1. The third kappa shape index (κ3) is 4.70. The second-order valence-electron chi connectivity index (χ2n) is 4.79. The summed E-state index contributed by atoms with van der Waals surface area (Å²) in [6.45, 7) is 5.75. The number of carbonyl (C=O) groups is 2. The van der Waals surface area contributed by atoms with Crippen LogP contribution in [0.15, 0.2) is 0 Å². The Labute approximate surface area is 99.8 Å². The predicted octanol–water partition coefficient (Wildman–Crippen LogP) is 0.936. The van der Waals surface area contributed by atoms with Crippen LogP contribution in [0.1, 0.15) is 33.6 Å². The van der Waals surface area contributed by atoms with E-state index in [0.717, 1.165) is 0 Å². The lowest BCUT2D eigenvalue weighted by atomic mass is 10.1. The summed E-state index contributed by atoms with van der Waals surface area (Å²) in [6.07, 6.45) is -0.353. The first-order valence-electron chi connectivity index (χ1n) is 5.44. The minimum absolute atomic E-state index is 0.0644. The first-order valence-corrected chi connectivity index (χ1v) is 5.44. The number of carboxylic acid groups (broad SMARTS) is 1. The van der Waals surface area contributed by atoms with Gasteiger partial charge in [-0.1, -0.05) is 0 Å². The summed E-state index contributed by atoms with van der Waals surface area (Å²) in [5.41, 5.74) is -0.664. The fourth-order valence-electron chi connectivity index (χ4n) is 1.56. The molecule has 6 nitrogen and oxygen atoms in total. The van der Waals surface area contributed by atoms with Gasteiger partial charge in [0.15, 0.2) is 5.79 Å². The van der Waals surface area contributed by atoms with Gasteiger partial charge in [-0.25, -0.2) is 0 Å². The number of hydrogen-bond donors (Lipinski definition) is 1. The van der Waals surface area contributed by atoms with Crippen LogP contribution in [0.25, 0.3) is 0 Å². The van der Waals surface area contributed by atoms with Crippen LogP contribution in [-0.4, -0.2) is 41.6 Å². The van der Waals surface area contributed by atoms with Crippen molar-refractivity contribution in [3.8, 4) is 0 Å². The van der Waals surface area contributed by atoms with Crippen molar-refractivity contribution in [3.63, 3.8) is 0 Å². The molecule has 0 amide bonds. The lowest BCUT2D eigenvalue weighted by molar-refractivity contribution is -0.176. The van der Waals surface area contributed by atoms with E-state index in [4.69, 9.17) is 19.3 Å². The summed E-state index contributed by atoms with van der Waals surface area (Å²) >= 11 is 0. The van der Waals surface area contributed by atoms with Crippen LogP contribution in [0, 0.1) is 0 Å². The van der Waals surface area contributed by atoms with E-state index in [1.54, 1.807) is 20.8 Å². The van der Waals surface area contributed by atoms with Gasteiger partial charge in [0, 0.05) is 0 Å². The molecule has 6 heteroatoms. The second-order valence-corrected chi connectivity index (χ2v) is 4.79. The third-order valence-electron chi connectivity index (χ3n) is 2.30. The molecule has 1 saturated heterocycles.